The normalized spacial score (nSPS) is 13.0. The summed E-state index contributed by atoms with van der Waals surface area (Å²) in [5.41, 5.74) is 9.81. The van der Waals surface area contributed by atoms with Crippen LogP contribution in [0.5, 0.6) is 0 Å². The molecule has 4 rings (SSSR count). The van der Waals surface area contributed by atoms with Crippen LogP contribution in [0.15, 0.2) is 48.5 Å². The van der Waals surface area contributed by atoms with Crippen molar-refractivity contribution in [3.63, 3.8) is 0 Å². The van der Waals surface area contributed by atoms with Gasteiger partial charge in [-0.2, -0.15) is 5.21 Å². The summed E-state index contributed by atoms with van der Waals surface area (Å²) in [5.74, 6) is 0.955. The van der Waals surface area contributed by atoms with E-state index in [0.717, 1.165) is 47.3 Å². The third-order valence-corrected chi connectivity index (χ3v) is 6.84. The van der Waals surface area contributed by atoms with Gasteiger partial charge in [-0.1, -0.05) is 87.3 Å². The number of H-pyrrole nitrogens is 1. The fourth-order valence-corrected chi connectivity index (χ4v) is 5.24. The molecule has 9 nitrogen and oxygen atoms in total. The second kappa shape index (κ2) is 11.9. The Labute approximate surface area is 227 Å². The Morgan fingerprint density at radius 2 is 1.87 bits per heavy atom. The predicted octanol–water partition coefficient (Wildman–Crippen LogP) is 5.15. The number of carbonyl (C=O) groups excluding carboxylic acids is 1. The summed E-state index contributed by atoms with van der Waals surface area (Å²) in [4.78, 5) is 17.7. The minimum absolute atomic E-state index is 0.135. The highest BCUT2D eigenvalue weighted by Gasteiger charge is 2.43. The molecule has 0 bridgehead atoms. The van der Waals surface area contributed by atoms with Crippen LogP contribution in [0.2, 0.25) is 5.15 Å². The van der Waals surface area contributed by atoms with Crippen molar-refractivity contribution in [2.45, 2.75) is 58.5 Å². The first-order valence-corrected chi connectivity index (χ1v) is 13.2. The molecule has 2 heterocycles. The molecule has 0 amide bonds. The molecule has 0 radical (unpaired) electrons. The van der Waals surface area contributed by atoms with E-state index in [9.17, 15) is 4.79 Å². The molecule has 0 fully saturated rings. The maximum absolute atomic E-state index is 13.0. The standard InChI is InChI=1S/C28H34ClN7O2/c1-5-6-11-23-31-25(29)24(28(30,16-18(2)3)27(37)38-4)36(23)17-19-12-14-20(15-13-19)21-9-7-8-10-22(21)26-32-34-35-33-26/h7-10,12-15,18H,5-6,11,16-17,30H2,1-4H3,(H,32,33,34,35)/t28-/m1/s1. The lowest BCUT2D eigenvalue weighted by Crippen LogP contribution is -2.48. The Morgan fingerprint density at radius 3 is 2.47 bits per heavy atom. The maximum Gasteiger partial charge on any atom is 0.332 e. The van der Waals surface area contributed by atoms with Crippen LogP contribution < -0.4 is 5.73 Å². The number of unbranched alkanes of at least 4 members (excludes halogenated alkanes) is 1. The van der Waals surface area contributed by atoms with E-state index in [-0.39, 0.29) is 11.1 Å². The first-order valence-electron chi connectivity index (χ1n) is 12.8. The highest BCUT2D eigenvalue weighted by Crippen LogP contribution is 2.35. The number of halogens is 1. The summed E-state index contributed by atoms with van der Waals surface area (Å²) >= 11 is 6.70. The van der Waals surface area contributed by atoms with E-state index in [0.29, 0.717) is 24.5 Å². The number of esters is 1. The Hall–Kier alpha value is -3.56. The lowest BCUT2D eigenvalue weighted by molar-refractivity contribution is -0.148. The van der Waals surface area contributed by atoms with Gasteiger partial charge in [0.05, 0.1) is 12.8 Å². The van der Waals surface area contributed by atoms with Gasteiger partial charge in [0.2, 0.25) is 5.82 Å². The third kappa shape index (κ3) is 5.63. The number of aromatic amines is 1. The Balaban J connectivity index is 1.73. The number of nitrogens with two attached hydrogens (primary N) is 1. The van der Waals surface area contributed by atoms with E-state index in [2.05, 4.69) is 56.8 Å². The lowest BCUT2D eigenvalue weighted by atomic mass is 9.86. The molecule has 2 aromatic heterocycles. The fraction of sp³-hybridized carbons (Fsp3) is 0.393. The van der Waals surface area contributed by atoms with Gasteiger partial charge in [0.25, 0.3) is 0 Å². The van der Waals surface area contributed by atoms with Crippen molar-refractivity contribution >= 4 is 17.6 Å². The number of aryl methyl sites for hydroxylation is 1. The van der Waals surface area contributed by atoms with Gasteiger partial charge in [0, 0.05) is 18.5 Å². The number of aromatic nitrogens is 6. The molecule has 0 saturated carbocycles. The number of carbonyl (C=O) groups is 1. The zero-order chi connectivity index (χ0) is 27.3. The van der Waals surface area contributed by atoms with E-state index in [1.807, 2.05) is 42.7 Å². The second-order valence-electron chi connectivity index (χ2n) is 9.90. The molecule has 10 heteroatoms. The molecule has 2 aromatic carbocycles. The highest BCUT2D eigenvalue weighted by atomic mass is 35.5. The maximum atomic E-state index is 13.0. The van der Waals surface area contributed by atoms with Gasteiger partial charge in [0.15, 0.2) is 10.7 Å². The Morgan fingerprint density at radius 1 is 1.16 bits per heavy atom. The average Bonchev–Trinajstić information content (AvgIpc) is 3.55. The molecule has 0 spiro atoms. The zero-order valence-electron chi connectivity index (χ0n) is 22.2. The summed E-state index contributed by atoms with van der Waals surface area (Å²) in [5, 5.41) is 14.7. The van der Waals surface area contributed by atoms with E-state index in [1.54, 1.807) is 0 Å². The molecule has 200 valence electrons. The Kier molecular flexibility index (Phi) is 8.58. The minimum Gasteiger partial charge on any atom is -0.467 e. The van der Waals surface area contributed by atoms with E-state index >= 15 is 0 Å². The zero-order valence-corrected chi connectivity index (χ0v) is 23.0. The van der Waals surface area contributed by atoms with E-state index in [1.165, 1.54) is 7.11 Å². The van der Waals surface area contributed by atoms with Crippen molar-refractivity contribution in [2.24, 2.45) is 11.7 Å². The van der Waals surface area contributed by atoms with Crippen LogP contribution in [0.1, 0.15) is 57.1 Å². The molecule has 0 saturated heterocycles. The summed E-state index contributed by atoms with van der Waals surface area (Å²) in [6, 6.07) is 16.2. The van der Waals surface area contributed by atoms with Crippen molar-refractivity contribution < 1.29 is 9.53 Å². The van der Waals surface area contributed by atoms with Gasteiger partial charge >= 0.3 is 5.97 Å². The largest absolute Gasteiger partial charge is 0.467 e. The quantitative estimate of drug-likeness (QED) is 0.254. The highest BCUT2D eigenvalue weighted by molar-refractivity contribution is 6.30. The average molecular weight is 536 g/mol. The smallest absolute Gasteiger partial charge is 0.332 e. The van der Waals surface area contributed by atoms with Crippen LogP contribution in [0.25, 0.3) is 22.5 Å². The number of methoxy groups -OCH3 is 1. The summed E-state index contributed by atoms with van der Waals surface area (Å²) in [6.07, 6.45) is 3.05. The topological polar surface area (TPSA) is 125 Å². The van der Waals surface area contributed by atoms with Gasteiger partial charge in [-0.3, -0.25) is 0 Å². The van der Waals surface area contributed by atoms with Gasteiger partial charge in [-0.15, -0.1) is 10.2 Å². The molecule has 0 aliphatic heterocycles. The van der Waals surface area contributed by atoms with E-state index in [4.69, 9.17) is 22.1 Å². The van der Waals surface area contributed by atoms with Crippen molar-refractivity contribution in [2.75, 3.05) is 7.11 Å². The molecule has 4 aromatic rings. The fourth-order valence-electron chi connectivity index (χ4n) is 4.87. The number of tetrazole rings is 1. The van der Waals surface area contributed by atoms with Crippen molar-refractivity contribution in [3.8, 4) is 22.5 Å². The van der Waals surface area contributed by atoms with Crippen LogP contribution in [0.3, 0.4) is 0 Å². The number of nitrogens with zero attached hydrogens (tertiary/aromatic N) is 5. The van der Waals surface area contributed by atoms with Crippen LogP contribution in [0, 0.1) is 5.92 Å². The van der Waals surface area contributed by atoms with Crippen molar-refractivity contribution in [3.05, 3.63) is 70.8 Å². The molecular formula is C28H34ClN7O2. The molecule has 0 unspecified atom stereocenters. The third-order valence-electron chi connectivity index (χ3n) is 6.58. The molecule has 1 atom stereocenters. The number of ether oxygens (including phenoxy) is 1. The molecular weight excluding hydrogens is 502 g/mol. The van der Waals surface area contributed by atoms with Gasteiger partial charge in [-0.05, 0) is 40.7 Å². The predicted molar refractivity (Wildman–Crippen MR) is 147 cm³/mol. The number of hydrogen-bond donors (Lipinski definition) is 2. The molecule has 38 heavy (non-hydrogen) atoms. The van der Waals surface area contributed by atoms with Crippen LogP contribution in [-0.2, 0) is 28.0 Å². The molecule has 0 aliphatic carbocycles. The second-order valence-corrected chi connectivity index (χ2v) is 10.3. The summed E-state index contributed by atoms with van der Waals surface area (Å²) in [7, 11) is 1.35. The van der Waals surface area contributed by atoms with Gasteiger partial charge < -0.3 is 15.0 Å². The van der Waals surface area contributed by atoms with Crippen molar-refractivity contribution in [1.82, 2.24) is 30.2 Å². The number of benzene rings is 2. The number of imidazole rings is 1. The molecule has 3 N–H and O–H groups in total. The van der Waals surface area contributed by atoms with Crippen LogP contribution in [-0.4, -0.2) is 43.3 Å². The first-order chi connectivity index (χ1) is 18.3. The lowest BCUT2D eigenvalue weighted by Gasteiger charge is -2.30. The van der Waals surface area contributed by atoms with E-state index < -0.39 is 11.5 Å². The number of nitrogens with one attached hydrogen (secondary N) is 1. The summed E-state index contributed by atoms with van der Waals surface area (Å²) < 4.78 is 7.15. The Bertz CT molecular complexity index is 1370. The minimum atomic E-state index is -1.42. The van der Waals surface area contributed by atoms with Gasteiger partial charge in [0.1, 0.15) is 5.82 Å². The van der Waals surface area contributed by atoms with Crippen LogP contribution >= 0.6 is 11.6 Å². The number of hydrogen-bond acceptors (Lipinski definition) is 7. The molecule has 0 aliphatic rings. The SMILES string of the molecule is CCCCc1nc(Cl)c([C@](N)(CC(C)C)C(=O)OC)n1Cc1ccc(-c2ccccc2-c2nn[nH]n2)cc1. The van der Waals surface area contributed by atoms with Crippen LogP contribution in [0.4, 0.5) is 0 Å². The number of rotatable bonds is 11. The first kappa shape index (κ1) is 27.5. The monoisotopic (exact) mass is 535 g/mol. The summed E-state index contributed by atoms with van der Waals surface area (Å²) in [6.45, 7) is 6.63. The van der Waals surface area contributed by atoms with Crippen molar-refractivity contribution in [1.29, 1.82) is 0 Å². The van der Waals surface area contributed by atoms with Gasteiger partial charge in [-0.25, -0.2) is 9.78 Å².